The van der Waals surface area contributed by atoms with Crippen molar-refractivity contribution in [2.45, 2.75) is 16.7 Å². The second-order valence-electron chi connectivity index (χ2n) is 3.82. The maximum Gasteiger partial charge on any atom is 0.128 e. The molecule has 0 saturated carbocycles. The van der Waals surface area contributed by atoms with Crippen LogP contribution < -0.4 is 5.73 Å². The van der Waals surface area contributed by atoms with Crippen molar-refractivity contribution in [3.63, 3.8) is 0 Å². The molecular formula is C13H10Cl2FNS. The largest absolute Gasteiger partial charge is 0.398 e. The molecule has 0 spiro atoms. The zero-order valence-electron chi connectivity index (χ0n) is 9.51. The van der Waals surface area contributed by atoms with Crippen LogP contribution in [-0.4, -0.2) is 0 Å². The molecule has 0 saturated heterocycles. The summed E-state index contributed by atoms with van der Waals surface area (Å²) in [6, 6.07) is 8.21. The van der Waals surface area contributed by atoms with Gasteiger partial charge < -0.3 is 5.73 Å². The van der Waals surface area contributed by atoms with Crippen LogP contribution in [0.25, 0.3) is 0 Å². The summed E-state index contributed by atoms with van der Waals surface area (Å²) in [5.41, 5.74) is 6.72. The maximum atomic E-state index is 13.3. The normalized spacial score (nSPS) is 10.7. The number of nitrogens with two attached hydrogens (primary N) is 1. The van der Waals surface area contributed by atoms with Gasteiger partial charge in [0.05, 0.1) is 5.02 Å². The SMILES string of the molecule is Cc1cc(Sc2cc(Cl)ccc2Cl)c(N)cc1F. The van der Waals surface area contributed by atoms with Gasteiger partial charge in [0.25, 0.3) is 0 Å². The lowest BCUT2D eigenvalue weighted by Gasteiger charge is -2.09. The van der Waals surface area contributed by atoms with Gasteiger partial charge in [-0.05, 0) is 42.8 Å². The zero-order chi connectivity index (χ0) is 13.3. The Labute approximate surface area is 119 Å². The molecule has 0 aliphatic rings. The number of benzene rings is 2. The quantitative estimate of drug-likeness (QED) is 0.774. The average Bonchev–Trinajstić information content (AvgIpc) is 2.30. The third kappa shape index (κ3) is 2.91. The lowest BCUT2D eigenvalue weighted by molar-refractivity contribution is 0.618. The molecular weight excluding hydrogens is 292 g/mol. The Kier molecular flexibility index (Phi) is 4.05. The van der Waals surface area contributed by atoms with Crippen LogP contribution in [0.1, 0.15) is 5.56 Å². The Morgan fingerprint density at radius 2 is 1.83 bits per heavy atom. The van der Waals surface area contributed by atoms with E-state index in [0.29, 0.717) is 21.3 Å². The molecule has 0 unspecified atom stereocenters. The number of halogens is 3. The minimum Gasteiger partial charge on any atom is -0.398 e. The Morgan fingerprint density at radius 3 is 2.56 bits per heavy atom. The first-order valence-corrected chi connectivity index (χ1v) is 6.73. The average molecular weight is 302 g/mol. The highest BCUT2D eigenvalue weighted by Crippen LogP contribution is 2.38. The molecule has 94 valence electrons. The predicted octanol–water partition coefficient (Wildman–Crippen LogP) is 5.17. The van der Waals surface area contributed by atoms with E-state index >= 15 is 0 Å². The van der Waals surface area contributed by atoms with Crippen LogP contribution >= 0.6 is 35.0 Å². The lowest BCUT2D eigenvalue weighted by Crippen LogP contribution is -1.92. The fourth-order valence-electron chi connectivity index (χ4n) is 1.43. The van der Waals surface area contributed by atoms with Crippen molar-refractivity contribution in [3.8, 4) is 0 Å². The number of hydrogen-bond donors (Lipinski definition) is 1. The van der Waals surface area contributed by atoms with Crippen LogP contribution in [0.2, 0.25) is 10.0 Å². The Bertz CT molecular complexity index is 602. The summed E-state index contributed by atoms with van der Waals surface area (Å²) in [5, 5.41) is 1.19. The molecule has 2 aromatic rings. The van der Waals surface area contributed by atoms with E-state index in [0.717, 1.165) is 9.79 Å². The molecule has 2 N–H and O–H groups in total. The van der Waals surface area contributed by atoms with Gasteiger partial charge >= 0.3 is 0 Å². The van der Waals surface area contributed by atoms with Gasteiger partial charge in [0.15, 0.2) is 0 Å². The number of hydrogen-bond acceptors (Lipinski definition) is 2. The molecule has 2 aromatic carbocycles. The summed E-state index contributed by atoms with van der Waals surface area (Å²) in [7, 11) is 0. The molecule has 0 atom stereocenters. The maximum absolute atomic E-state index is 13.3. The standard InChI is InChI=1S/C13H10Cl2FNS/c1-7-4-13(11(17)6-10(7)16)18-12-5-8(14)2-3-9(12)15/h2-6H,17H2,1H3. The minimum absolute atomic E-state index is 0.311. The van der Waals surface area contributed by atoms with Crippen molar-refractivity contribution < 1.29 is 4.39 Å². The van der Waals surface area contributed by atoms with Crippen molar-refractivity contribution in [3.05, 3.63) is 51.8 Å². The fraction of sp³-hybridized carbons (Fsp3) is 0.0769. The number of nitrogen functional groups attached to an aromatic ring is 1. The van der Waals surface area contributed by atoms with Gasteiger partial charge in [0.1, 0.15) is 5.82 Å². The molecule has 18 heavy (non-hydrogen) atoms. The Balaban J connectivity index is 2.40. The highest BCUT2D eigenvalue weighted by Gasteiger charge is 2.09. The van der Waals surface area contributed by atoms with Gasteiger partial charge in [-0.15, -0.1) is 0 Å². The Morgan fingerprint density at radius 1 is 1.11 bits per heavy atom. The van der Waals surface area contributed by atoms with E-state index in [4.69, 9.17) is 28.9 Å². The van der Waals surface area contributed by atoms with Crippen LogP contribution in [-0.2, 0) is 0 Å². The van der Waals surface area contributed by atoms with E-state index in [9.17, 15) is 4.39 Å². The summed E-state index contributed by atoms with van der Waals surface area (Å²) >= 11 is 13.4. The summed E-state index contributed by atoms with van der Waals surface area (Å²) in [6.45, 7) is 1.69. The van der Waals surface area contributed by atoms with Crippen molar-refractivity contribution in [2.75, 3.05) is 5.73 Å². The molecule has 0 heterocycles. The minimum atomic E-state index is -0.311. The van der Waals surface area contributed by atoms with Crippen molar-refractivity contribution >= 4 is 40.7 Å². The second-order valence-corrected chi connectivity index (χ2v) is 5.74. The molecule has 0 fully saturated rings. The van der Waals surface area contributed by atoms with Crippen molar-refractivity contribution in [1.82, 2.24) is 0 Å². The molecule has 2 rings (SSSR count). The molecule has 0 aromatic heterocycles. The van der Waals surface area contributed by atoms with Gasteiger partial charge in [0, 0.05) is 20.5 Å². The van der Waals surface area contributed by atoms with Gasteiger partial charge in [-0.3, -0.25) is 0 Å². The first kappa shape index (κ1) is 13.5. The van der Waals surface area contributed by atoms with Crippen LogP contribution in [0, 0.1) is 12.7 Å². The zero-order valence-corrected chi connectivity index (χ0v) is 11.8. The molecule has 0 aliphatic heterocycles. The van der Waals surface area contributed by atoms with E-state index in [1.54, 1.807) is 31.2 Å². The van der Waals surface area contributed by atoms with E-state index in [1.165, 1.54) is 17.8 Å². The summed E-state index contributed by atoms with van der Waals surface area (Å²) < 4.78 is 13.3. The highest BCUT2D eigenvalue weighted by molar-refractivity contribution is 7.99. The predicted molar refractivity (Wildman–Crippen MR) is 76.1 cm³/mol. The van der Waals surface area contributed by atoms with Gasteiger partial charge in [-0.2, -0.15) is 0 Å². The van der Waals surface area contributed by atoms with E-state index in [1.807, 2.05) is 0 Å². The fourth-order valence-corrected chi connectivity index (χ4v) is 2.90. The molecule has 0 aliphatic carbocycles. The van der Waals surface area contributed by atoms with E-state index in [2.05, 4.69) is 0 Å². The number of anilines is 1. The van der Waals surface area contributed by atoms with Crippen molar-refractivity contribution in [1.29, 1.82) is 0 Å². The lowest BCUT2D eigenvalue weighted by atomic mass is 10.2. The van der Waals surface area contributed by atoms with Crippen molar-refractivity contribution in [2.24, 2.45) is 0 Å². The van der Waals surface area contributed by atoms with Crippen LogP contribution in [0.5, 0.6) is 0 Å². The topological polar surface area (TPSA) is 26.0 Å². The van der Waals surface area contributed by atoms with Gasteiger partial charge in [-0.1, -0.05) is 35.0 Å². The molecule has 1 nitrogen and oxygen atoms in total. The summed E-state index contributed by atoms with van der Waals surface area (Å²) in [6.07, 6.45) is 0. The first-order valence-electron chi connectivity index (χ1n) is 5.16. The smallest absolute Gasteiger partial charge is 0.128 e. The van der Waals surface area contributed by atoms with Crippen LogP contribution in [0.15, 0.2) is 40.1 Å². The molecule has 0 bridgehead atoms. The Hall–Kier alpha value is -0.900. The molecule has 0 radical (unpaired) electrons. The third-order valence-corrected chi connectivity index (χ3v) is 4.21. The van der Waals surface area contributed by atoms with E-state index < -0.39 is 0 Å². The number of aryl methyl sites for hydroxylation is 1. The van der Waals surface area contributed by atoms with Crippen LogP contribution in [0.4, 0.5) is 10.1 Å². The van der Waals surface area contributed by atoms with E-state index in [-0.39, 0.29) is 5.82 Å². The highest BCUT2D eigenvalue weighted by atomic mass is 35.5. The summed E-state index contributed by atoms with van der Waals surface area (Å²) in [5.74, 6) is -0.311. The first-order chi connectivity index (χ1) is 8.47. The van der Waals surface area contributed by atoms with Gasteiger partial charge in [0.2, 0.25) is 0 Å². The monoisotopic (exact) mass is 301 g/mol. The molecule has 5 heteroatoms. The summed E-state index contributed by atoms with van der Waals surface area (Å²) in [4.78, 5) is 1.56. The number of rotatable bonds is 2. The van der Waals surface area contributed by atoms with Gasteiger partial charge in [-0.25, -0.2) is 4.39 Å². The molecule has 0 amide bonds. The second kappa shape index (κ2) is 5.39. The van der Waals surface area contributed by atoms with Crippen LogP contribution in [0.3, 0.4) is 0 Å². The third-order valence-electron chi connectivity index (χ3n) is 2.40.